The molecule has 1 atom stereocenters. The van der Waals surface area contributed by atoms with Crippen molar-refractivity contribution in [1.82, 2.24) is 10.6 Å². The number of carbonyl (C=O) groups is 2. The number of amides is 2. The van der Waals surface area contributed by atoms with Crippen LogP contribution in [0.15, 0.2) is 12.1 Å². The van der Waals surface area contributed by atoms with E-state index in [1.807, 2.05) is 19.1 Å². The van der Waals surface area contributed by atoms with Crippen LogP contribution >= 0.6 is 11.3 Å². The van der Waals surface area contributed by atoms with Crippen LogP contribution in [0.1, 0.15) is 29.5 Å². The largest absolute Gasteiger partial charge is 0.481 e. The molecule has 1 aromatic heterocycles. The second kappa shape index (κ2) is 7.00. The number of carboxylic acid groups (broad SMARTS) is 1. The van der Waals surface area contributed by atoms with Crippen LogP contribution in [-0.4, -0.2) is 23.1 Å². The number of carboxylic acids is 1. The minimum absolute atomic E-state index is 0.0611. The van der Waals surface area contributed by atoms with E-state index < -0.39 is 5.97 Å². The smallest absolute Gasteiger partial charge is 0.315 e. The summed E-state index contributed by atoms with van der Waals surface area (Å²) < 4.78 is 0. The van der Waals surface area contributed by atoms with Gasteiger partial charge in [-0.1, -0.05) is 0 Å². The zero-order chi connectivity index (χ0) is 13.5. The lowest BCUT2D eigenvalue weighted by Gasteiger charge is -2.13. The summed E-state index contributed by atoms with van der Waals surface area (Å²) in [4.78, 5) is 24.2. The van der Waals surface area contributed by atoms with E-state index in [4.69, 9.17) is 5.11 Å². The van der Waals surface area contributed by atoms with Crippen molar-refractivity contribution in [3.8, 4) is 0 Å². The molecule has 1 unspecified atom stereocenters. The molecule has 0 radical (unpaired) electrons. The van der Waals surface area contributed by atoms with Gasteiger partial charge in [-0.2, -0.15) is 0 Å². The van der Waals surface area contributed by atoms with Crippen molar-refractivity contribution in [2.45, 2.75) is 39.3 Å². The molecule has 0 aromatic carbocycles. The molecule has 0 saturated heterocycles. The Bertz CT molecular complexity index is 417. The van der Waals surface area contributed by atoms with Crippen LogP contribution in [0.2, 0.25) is 0 Å². The highest BCUT2D eigenvalue weighted by atomic mass is 32.1. The number of aliphatic carboxylic acids is 1. The fraction of sp³-hybridized carbons (Fsp3) is 0.500. The number of rotatable bonds is 6. The fourth-order valence-electron chi connectivity index (χ4n) is 1.43. The van der Waals surface area contributed by atoms with Gasteiger partial charge < -0.3 is 15.7 Å². The van der Waals surface area contributed by atoms with E-state index in [1.54, 1.807) is 18.3 Å². The maximum Gasteiger partial charge on any atom is 0.315 e. The molecule has 0 spiro atoms. The lowest BCUT2D eigenvalue weighted by atomic mass is 10.2. The Morgan fingerprint density at radius 3 is 2.72 bits per heavy atom. The first-order chi connectivity index (χ1) is 8.47. The zero-order valence-electron chi connectivity index (χ0n) is 10.5. The maximum absolute atomic E-state index is 11.5. The second-order valence-corrected chi connectivity index (χ2v) is 5.55. The molecule has 1 rings (SSSR count). The molecule has 0 saturated carbocycles. The first-order valence-corrected chi connectivity index (χ1v) is 6.60. The summed E-state index contributed by atoms with van der Waals surface area (Å²) in [6.45, 7) is 4.30. The van der Waals surface area contributed by atoms with Gasteiger partial charge in [-0.3, -0.25) is 4.79 Å². The Hall–Kier alpha value is -1.56. The Labute approximate surface area is 110 Å². The molecule has 3 N–H and O–H groups in total. The highest BCUT2D eigenvalue weighted by Crippen LogP contribution is 2.14. The monoisotopic (exact) mass is 270 g/mol. The molecule has 2 amide bonds. The van der Waals surface area contributed by atoms with Crippen LogP contribution in [0, 0.1) is 6.92 Å². The normalized spacial score (nSPS) is 11.9. The number of hydrogen-bond acceptors (Lipinski definition) is 3. The summed E-state index contributed by atoms with van der Waals surface area (Å²) in [5, 5.41) is 14.0. The van der Waals surface area contributed by atoms with E-state index in [2.05, 4.69) is 10.6 Å². The van der Waals surface area contributed by atoms with E-state index in [0.717, 1.165) is 4.88 Å². The minimum Gasteiger partial charge on any atom is -0.481 e. The van der Waals surface area contributed by atoms with Gasteiger partial charge in [-0.25, -0.2) is 4.79 Å². The van der Waals surface area contributed by atoms with Crippen molar-refractivity contribution in [2.24, 2.45) is 0 Å². The Morgan fingerprint density at radius 2 is 2.17 bits per heavy atom. The van der Waals surface area contributed by atoms with Crippen LogP contribution in [0.3, 0.4) is 0 Å². The van der Waals surface area contributed by atoms with E-state index in [-0.39, 0.29) is 18.5 Å². The molecule has 0 bridgehead atoms. The highest BCUT2D eigenvalue weighted by molar-refractivity contribution is 7.11. The Morgan fingerprint density at radius 1 is 1.44 bits per heavy atom. The lowest BCUT2D eigenvalue weighted by molar-refractivity contribution is -0.137. The third kappa shape index (κ3) is 5.67. The Kier molecular flexibility index (Phi) is 5.64. The van der Waals surface area contributed by atoms with E-state index in [1.165, 1.54) is 4.88 Å². The lowest BCUT2D eigenvalue weighted by Crippen LogP contribution is -2.40. The number of carbonyl (C=O) groups excluding carboxylic acids is 1. The predicted molar refractivity (Wildman–Crippen MR) is 70.8 cm³/mol. The van der Waals surface area contributed by atoms with E-state index in [0.29, 0.717) is 13.0 Å². The van der Waals surface area contributed by atoms with Gasteiger partial charge in [0.2, 0.25) is 0 Å². The third-order valence-corrected chi connectivity index (χ3v) is 3.39. The predicted octanol–water partition coefficient (Wildman–Crippen LogP) is 2.11. The summed E-state index contributed by atoms with van der Waals surface area (Å²) in [7, 11) is 0. The van der Waals surface area contributed by atoms with Crippen LogP contribution < -0.4 is 10.6 Å². The van der Waals surface area contributed by atoms with Gasteiger partial charge in [0, 0.05) is 22.2 Å². The van der Waals surface area contributed by atoms with Gasteiger partial charge in [-0.15, -0.1) is 11.3 Å². The average Bonchev–Trinajstić information content (AvgIpc) is 2.70. The van der Waals surface area contributed by atoms with Crippen molar-refractivity contribution < 1.29 is 14.7 Å². The van der Waals surface area contributed by atoms with E-state index >= 15 is 0 Å². The van der Waals surface area contributed by atoms with Crippen molar-refractivity contribution in [3.63, 3.8) is 0 Å². The summed E-state index contributed by atoms with van der Waals surface area (Å²) in [6.07, 6.45) is 0.492. The maximum atomic E-state index is 11.5. The summed E-state index contributed by atoms with van der Waals surface area (Å²) in [5.74, 6) is -0.849. The first-order valence-electron chi connectivity index (χ1n) is 5.79. The van der Waals surface area contributed by atoms with Crippen LogP contribution in [-0.2, 0) is 11.3 Å². The molecule has 0 aliphatic carbocycles. The fourth-order valence-corrected chi connectivity index (χ4v) is 2.26. The van der Waals surface area contributed by atoms with Gasteiger partial charge in [0.25, 0.3) is 0 Å². The number of nitrogens with one attached hydrogen (secondary N) is 2. The quantitative estimate of drug-likeness (QED) is 0.740. The topological polar surface area (TPSA) is 78.4 Å². The molecule has 0 aliphatic heterocycles. The molecule has 18 heavy (non-hydrogen) atoms. The highest BCUT2D eigenvalue weighted by Gasteiger charge is 2.09. The molecule has 1 heterocycles. The van der Waals surface area contributed by atoms with Crippen LogP contribution in [0.25, 0.3) is 0 Å². The van der Waals surface area contributed by atoms with Crippen molar-refractivity contribution in [2.75, 3.05) is 0 Å². The number of urea groups is 1. The molecule has 6 heteroatoms. The average molecular weight is 270 g/mol. The number of aryl methyl sites for hydroxylation is 1. The zero-order valence-corrected chi connectivity index (χ0v) is 11.3. The van der Waals surface area contributed by atoms with Crippen molar-refractivity contribution in [3.05, 3.63) is 21.9 Å². The first kappa shape index (κ1) is 14.5. The standard InChI is InChI=1S/C12H18N2O3S/c1-8(3-6-11(15)16)14-12(17)13-7-10-5-4-9(2)18-10/h4-5,8H,3,6-7H2,1-2H3,(H,15,16)(H2,13,14,17). The molecule has 0 aliphatic rings. The SMILES string of the molecule is Cc1ccc(CNC(=O)NC(C)CCC(=O)O)s1. The molecule has 100 valence electrons. The minimum atomic E-state index is -0.849. The van der Waals surface area contributed by atoms with Crippen LogP contribution in [0.4, 0.5) is 4.79 Å². The summed E-state index contributed by atoms with van der Waals surface area (Å²) >= 11 is 1.64. The van der Waals surface area contributed by atoms with Gasteiger partial charge >= 0.3 is 12.0 Å². The van der Waals surface area contributed by atoms with Gasteiger partial charge in [0.15, 0.2) is 0 Å². The molecular weight excluding hydrogens is 252 g/mol. The summed E-state index contributed by atoms with van der Waals surface area (Å²) in [5.41, 5.74) is 0. The van der Waals surface area contributed by atoms with Gasteiger partial charge in [0.05, 0.1) is 6.54 Å². The van der Waals surface area contributed by atoms with Gasteiger partial charge in [-0.05, 0) is 32.4 Å². The van der Waals surface area contributed by atoms with Crippen LogP contribution in [0.5, 0.6) is 0 Å². The molecule has 1 aromatic rings. The Balaban J connectivity index is 2.22. The number of thiophene rings is 1. The van der Waals surface area contributed by atoms with Crippen molar-refractivity contribution >= 4 is 23.3 Å². The molecular formula is C12H18N2O3S. The number of hydrogen-bond donors (Lipinski definition) is 3. The molecule has 0 fully saturated rings. The van der Waals surface area contributed by atoms with Crippen molar-refractivity contribution in [1.29, 1.82) is 0 Å². The van der Waals surface area contributed by atoms with Gasteiger partial charge in [0.1, 0.15) is 0 Å². The third-order valence-electron chi connectivity index (χ3n) is 2.39. The second-order valence-electron chi connectivity index (χ2n) is 4.17. The summed E-state index contributed by atoms with van der Waals surface area (Å²) in [6, 6.07) is 3.58. The molecule has 5 nitrogen and oxygen atoms in total. The van der Waals surface area contributed by atoms with E-state index in [9.17, 15) is 9.59 Å².